The van der Waals surface area contributed by atoms with Crippen LogP contribution < -0.4 is 5.32 Å². The second-order valence-corrected chi connectivity index (χ2v) is 5.44. The predicted octanol–water partition coefficient (Wildman–Crippen LogP) is 3.09. The fourth-order valence-corrected chi connectivity index (χ4v) is 2.58. The SMILES string of the molecule is CNCC(c1ccc(C(F)(F)F)nc1)N1CCC(F)(F)CC1. The minimum Gasteiger partial charge on any atom is -0.318 e. The highest BCUT2D eigenvalue weighted by Gasteiger charge is 2.37. The quantitative estimate of drug-likeness (QED) is 0.863. The predicted molar refractivity (Wildman–Crippen MR) is 71.7 cm³/mol. The summed E-state index contributed by atoms with van der Waals surface area (Å²) in [7, 11) is 1.71. The van der Waals surface area contributed by atoms with Gasteiger partial charge in [-0.1, -0.05) is 6.07 Å². The summed E-state index contributed by atoms with van der Waals surface area (Å²) < 4.78 is 64.1. The first-order chi connectivity index (χ1) is 10.2. The van der Waals surface area contributed by atoms with Gasteiger partial charge in [0.25, 0.3) is 5.92 Å². The van der Waals surface area contributed by atoms with Gasteiger partial charge in [0.2, 0.25) is 0 Å². The van der Waals surface area contributed by atoms with E-state index in [-0.39, 0.29) is 32.0 Å². The molecule has 2 rings (SSSR count). The number of halogens is 5. The van der Waals surface area contributed by atoms with Crippen molar-refractivity contribution in [1.29, 1.82) is 0 Å². The van der Waals surface area contributed by atoms with Gasteiger partial charge in [0.1, 0.15) is 5.69 Å². The zero-order valence-electron chi connectivity index (χ0n) is 12.1. The lowest BCUT2D eigenvalue weighted by molar-refractivity contribution is -0.141. The van der Waals surface area contributed by atoms with Crippen LogP contribution in [0, 0.1) is 0 Å². The summed E-state index contributed by atoms with van der Waals surface area (Å²) in [4.78, 5) is 5.31. The Balaban J connectivity index is 2.14. The first-order valence-corrected chi connectivity index (χ1v) is 7.02. The fourth-order valence-electron chi connectivity index (χ4n) is 2.58. The number of hydrogen-bond acceptors (Lipinski definition) is 3. The number of aromatic nitrogens is 1. The van der Waals surface area contributed by atoms with Crippen LogP contribution in [0.2, 0.25) is 0 Å². The van der Waals surface area contributed by atoms with Crippen molar-refractivity contribution in [2.45, 2.75) is 31.0 Å². The standard InChI is InChI=1S/C14H18F5N3/c1-20-9-11(22-6-4-13(15,16)5-7-22)10-2-3-12(21-8-10)14(17,18)19/h2-3,8,11,20H,4-7,9H2,1H3. The van der Waals surface area contributed by atoms with Gasteiger partial charge in [0.15, 0.2) is 0 Å². The molecule has 1 aliphatic rings. The zero-order valence-corrected chi connectivity index (χ0v) is 12.1. The Bertz CT molecular complexity index is 476. The number of likely N-dealkylation sites (N-methyl/N-ethyl adjacent to an activating group) is 1. The van der Waals surface area contributed by atoms with Crippen molar-refractivity contribution >= 4 is 0 Å². The summed E-state index contributed by atoms with van der Waals surface area (Å²) in [6, 6.07) is 2.03. The van der Waals surface area contributed by atoms with Crippen LogP contribution in [0.3, 0.4) is 0 Å². The molecule has 1 N–H and O–H groups in total. The first-order valence-electron chi connectivity index (χ1n) is 7.02. The molecule has 0 bridgehead atoms. The number of pyridine rings is 1. The normalized spacial score (nSPS) is 20.8. The highest BCUT2D eigenvalue weighted by molar-refractivity contribution is 5.20. The van der Waals surface area contributed by atoms with E-state index in [0.717, 1.165) is 6.07 Å². The molecule has 0 aliphatic carbocycles. The van der Waals surface area contributed by atoms with Crippen LogP contribution in [0.15, 0.2) is 18.3 Å². The molecule has 1 fully saturated rings. The minimum atomic E-state index is -4.48. The molecule has 124 valence electrons. The van der Waals surface area contributed by atoms with Gasteiger partial charge in [0.05, 0.1) is 0 Å². The second kappa shape index (κ2) is 6.45. The Morgan fingerprint density at radius 3 is 2.36 bits per heavy atom. The van der Waals surface area contributed by atoms with Crippen molar-refractivity contribution in [3.63, 3.8) is 0 Å². The monoisotopic (exact) mass is 323 g/mol. The van der Waals surface area contributed by atoms with Crippen LogP contribution in [-0.4, -0.2) is 42.5 Å². The number of nitrogens with zero attached hydrogens (tertiary/aromatic N) is 2. The third-order valence-electron chi connectivity index (χ3n) is 3.83. The molecule has 1 atom stereocenters. The van der Waals surface area contributed by atoms with E-state index in [9.17, 15) is 22.0 Å². The molecule has 1 aliphatic heterocycles. The maximum atomic E-state index is 13.2. The maximum absolute atomic E-state index is 13.2. The Labute approximate surface area is 125 Å². The van der Waals surface area contributed by atoms with Crippen molar-refractivity contribution in [2.75, 3.05) is 26.7 Å². The highest BCUT2D eigenvalue weighted by atomic mass is 19.4. The van der Waals surface area contributed by atoms with E-state index in [4.69, 9.17) is 0 Å². The van der Waals surface area contributed by atoms with E-state index < -0.39 is 17.8 Å². The van der Waals surface area contributed by atoms with E-state index >= 15 is 0 Å². The Kier molecular flexibility index (Phi) is 5.01. The van der Waals surface area contributed by atoms with Gasteiger partial charge in [-0.2, -0.15) is 13.2 Å². The molecule has 0 saturated carbocycles. The highest BCUT2D eigenvalue weighted by Crippen LogP contribution is 2.33. The van der Waals surface area contributed by atoms with Gasteiger partial charge in [-0.15, -0.1) is 0 Å². The number of alkyl halides is 5. The third-order valence-corrected chi connectivity index (χ3v) is 3.83. The average molecular weight is 323 g/mol. The van der Waals surface area contributed by atoms with Crippen LogP contribution in [0.25, 0.3) is 0 Å². The van der Waals surface area contributed by atoms with Crippen molar-refractivity contribution in [1.82, 2.24) is 15.2 Å². The molecule has 0 aromatic carbocycles. The third kappa shape index (κ3) is 4.13. The van der Waals surface area contributed by atoms with Gasteiger partial charge in [0, 0.05) is 44.7 Å². The van der Waals surface area contributed by atoms with Gasteiger partial charge in [-0.25, -0.2) is 8.78 Å². The van der Waals surface area contributed by atoms with Crippen LogP contribution in [0.4, 0.5) is 22.0 Å². The van der Waals surface area contributed by atoms with E-state index in [1.165, 1.54) is 12.3 Å². The number of hydrogen-bond donors (Lipinski definition) is 1. The topological polar surface area (TPSA) is 28.2 Å². The fraction of sp³-hybridized carbons (Fsp3) is 0.643. The molecule has 0 radical (unpaired) electrons. The molecule has 3 nitrogen and oxygen atoms in total. The van der Waals surface area contributed by atoms with E-state index in [1.54, 1.807) is 7.05 Å². The molecular weight excluding hydrogens is 305 g/mol. The number of nitrogens with one attached hydrogen (secondary N) is 1. The second-order valence-electron chi connectivity index (χ2n) is 5.44. The Hall–Kier alpha value is -1.28. The molecule has 8 heteroatoms. The molecule has 0 amide bonds. The van der Waals surface area contributed by atoms with Crippen LogP contribution >= 0.6 is 0 Å². The molecule has 1 aromatic heterocycles. The Morgan fingerprint density at radius 2 is 1.91 bits per heavy atom. The number of likely N-dealkylation sites (tertiary alicyclic amines) is 1. The van der Waals surface area contributed by atoms with Gasteiger partial charge in [-0.05, 0) is 18.7 Å². The molecule has 0 spiro atoms. The number of piperidine rings is 1. The minimum absolute atomic E-state index is 0.209. The van der Waals surface area contributed by atoms with Crippen LogP contribution in [0.1, 0.15) is 30.1 Å². The summed E-state index contributed by atoms with van der Waals surface area (Å²) in [5, 5.41) is 2.95. The molecule has 1 saturated heterocycles. The van der Waals surface area contributed by atoms with Crippen molar-refractivity contribution in [2.24, 2.45) is 0 Å². The smallest absolute Gasteiger partial charge is 0.318 e. The summed E-state index contributed by atoms with van der Waals surface area (Å²) in [6.45, 7) is 0.874. The lowest BCUT2D eigenvalue weighted by Crippen LogP contribution is -2.44. The summed E-state index contributed by atoms with van der Waals surface area (Å²) >= 11 is 0. The molecule has 22 heavy (non-hydrogen) atoms. The lowest BCUT2D eigenvalue weighted by Gasteiger charge is -2.37. The van der Waals surface area contributed by atoms with Crippen LogP contribution in [0.5, 0.6) is 0 Å². The zero-order chi connectivity index (χ0) is 16.4. The summed E-state index contributed by atoms with van der Waals surface area (Å²) in [6.07, 6.45) is -3.77. The van der Waals surface area contributed by atoms with E-state index in [1.807, 2.05) is 4.90 Å². The lowest BCUT2D eigenvalue weighted by atomic mass is 10.0. The Morgan fingerprint density at radius 1 is 1.27 bits per heavy atom. The van der Waals surface area contributed by atoms with Crippen LogP contribution in [-0.2, 0) is 6.18 Å². The van der Waals surface area contributed by atoms with Gasteiger partial charge >= 0.3 is 6.18 Å². The molecule has 2 heterocycles. The van der Waals surface area contributed by atoms with Crippen molar-refractivity contribution in [3.05, 3.63) is 29.6 Å². The van der Waals surface area contributed by atoms with E-state index in [0.29, 0.717) is 12.1 Å². The maximum Gasteiger partial charge on any atom is 0.433 e. The molecular formula is C14H18F5N3. The average Bonchev–Trinajstić information content (AvgIpc) is 2.45. The summed E-state index contributed by atoms with van der Waals surface area (Å²) in [5.74, 6) is -2.65. The summed E-state index contributed by atoms with van der Waals surface area (Å²) in [5.41, 5.74) is -0.364. The first kappa shape index (κ1) is 17.1. The van der Waals surface area contributed by atoms with E-state index in [2.05, 4.69) is 10.3 Å². The van der Waals surface area contributed by atoms with Crippen molar-refractivity contribution < 1.29 is 22.0 Å². The molecule has 1 unspecified atom stereocenters. The largest absolute Gasteiger partial charge is 0.433 e. The molecule has 1 aromatic rings. The van der Waals surface area contributed by atoms with Gasteiger partial charge in [-0.3, -0.25) is 9.88 Å². The van der Waals surface area contributed by atoms with Gasteiger partial charge < -0.3 is 5.32 Å². The number of rotatable bonds is 4. The van der Waals surface area contributed by atoms with Crippen molar-refractivity contribution in [3.8, 4) is 0 Å².